The van der Waals surface area contributed by atoms with Gasteiger partial charge in [-0.15, -0.1) is 0 Å². The standard InChI is InChI=1S/C13H19ClN2O3S/c1-9(2)15-13(17)8-12(16-20(3,18)19)10-4-6-11(14)7-5-10/h4-7,9,12,16H,8H2,1-3H3,(H,15,17)/t12-/m1/s1. The maximum absolute atomic E-state index is 11.8. The molecule has 2 N–H and O–H groups in total. The Morgan fingerprint density at radius 1 is 1.25 bits per heavy atom. The number of carbonyl (C=O) groups is 1. The molecule has 20 heavy (non-hydrogen) atoms. The van der Waals surface area contributed by atoms with Crippen molar-refractivity contribution in [3.05, 3.63) is 34.9 Å². The fourth-order valence-corrected chi connectivity index (χ4v) is 2.61. The van der Waals surface area contributed by atoms with E-state index < -0.39 is 16.1 Å². The molecule has 0 heterocycles. The fourth-order valence-electron chi connectivity index (χ4n) is 1.75. The molecule has 0 saturated heterocycles. The number of hydrogen-bond acceptors (Lipinski definition) is 3. The largest absolute Gasteiger partial charge is 0.354 e. The van der Waals surface area contributed by atoms with Crippen LogP contribution in [0.25, 0.3) is 0 Å². The van der Waals surface area contributed by atoms with Gasteiger partial charge in [-0.05, 0) is 31.5 Å². The Labute approximate surface area is 124 Å². The number of nitrogens with one attached hydrogen (secondary N) is 2. The van der Waals surface area contributed by atoms with Crippen LogP contribution < -0.4 is 10.0 Å². The number of benzene rings is 1. The van der Waals surface area contributed by atoms with Crippen LogP contribution in [0.3, 0.4) is 0 Å². The second-order valence-corrected chi connectivity index (χ2v) is 7.14. The molecule has 1 rings (SSSR count). The minimum Gasteiger partial charge on any atom is -0.354 e. The van der Waals surface area contributed by atoms with Gasteiger partial charge in [0.1, 0.15) is 0 Å². The molecule has 0 radical (unpaired) electrons. The molecule has 0 aliphatic carbocycles. The molecule has 1 aromatic carbocycles. The Balaban J connectivity index is 2.91. The highest BCUT2D eigenvalue weighted by atomic mass is 35.5. The van der Waals surface area contributed by atoms with E-state index in [2.05, 4.69) is 10.0 Å². The molecule has 0 aromatic heterocycles. The van der Waals surface area contributed by atoms with Crippen LogP contribution in [-0.2, 0) is 14.8 Å². The minimum atomic E-state index is -3.42. The van der Waals surface area contributed by atoms with Gasteiger partial charge in [-0.25, -0.2) is 13.1 Å². The van der Waals surface area contributed by atoms with E-state index in [0.29, 0.717) is 10.6 Å². The molecule has 7 heteroatoms. The van der Waals surface area contributed by atoms with Crippen LogP contribution in [0.4, 0.5) is 0 Å². The first-order chi connectivity index (χ1) is 9.17. The van der Waals surface area contributed by atoms with Crippen LogP contribution in [0.15, 0.2) is 24.3 Å². The van der Waals surface area contributed by atoms with E-state index in [-0.39, 0.29) is 18.4 Å². The van der Waals surface area contributed by atoms with E-state index in [4.69, 9.17) is 11.6 Å². The van der Waals surface area contributed by atoms with Crippen LogP contribution in [0.2, 0.25) is 5.02 Å². The molecule has 0 aliphatic heterocycles. The Morgan fingerprint density at radius 3 is 2.25 bits per heavy atom. The second-order valence-electron chi connectivity index (χ2n) is 4.92. The summed E-state index contributed by atoms with van der Waals surface area (Å²) in [5.74, 6) is -0.212. The molecule has 0 bridgehead atoms. The average Bonchev–Trinajstić information content (AvgIpc) is 2.25. The van der Waals surface area contributed by atoms with Crippen LogP contribution in [0, 0.1) is 0 Å². The first kappa shape index (κ1) is 16.9. The fraction of sp³-hybridized carbons (Fsp3) is 0.462. The topological polar surface area (TPSA) is 75.3 Å². The highest BCUT2D eigenvalue weighted by molar-refractivity contribution is 7.88. The first-order valence-corrected chi connectivity index (χ1v) is 8.46. The lowest BCUT2D eigenvalue weighted by atomic mass is 10.0. The smallest absolute Gasteiger partial charge is 0.222 e. The van der Waals surface area contributed by atoms with E-state index in [9.17, 15) is 13.2 Å². The van der Waals surface area contributed by atoms with E-state index in [1.807, 2.05) is 13.8 Å². The number of rotatable bonds is 6. The summed E-state index contributed by atoms with van der Waals surface area (Å²) >= 11 is 5.81. The Hall–Kier alpha value is -1.11. The molecule has 0 spiro atoms. The summed E-state index contributed by atoms with van der Waals surface area (Å²) in [5, 5.41) is 3.29. The maximum atomic E-state index is 11.8. The van der Waals surface area contributed by atoms with Crippen molar-refractivity contribution in [3.8, 4) is 0 Å². The summed E-state index contributed by atoms with van der Waals surface area (Å²) in [6.07, 6.45) is 1.10. The van der Waals surface area contributed by atoms with Crippen LogP contribution in [0.5, 0.6) is 0 Å². The van der Waals surface area contributed by atoms with E-state index in [0.717, 1.165) is 6.26 Å². The molecule has 0 saturated carbocycles. The van der Waals surface area contributed by atoms with Crippen molar-refractivity contribution in [1.29, 1.82) is 0 Å². The predicted octanol–water partition coefficient (Wildman–Crippen LogP) is 1.84. The van der Waals surface area contributed by atoms with Crippen molar-refractivity contribution in [3.63, 3.8) is 0 Å². The van der Waals surface area contributed by atoms with Gasteiger partial charge in [0, 0.05) is 17.5 Å². The highest BCUT2D eigenvalue weighted by Crippen LogP contribution is 2.20. The lowest BCUT2D eigenvalue weighted by Gasteiger charge is -2.18. The van der Waals surface area contributed by atoms with Gasteiger partial charge < -0.3 is 5.32 Å². The summed E-state index contributed by atoms with van der Waals surface area (Å²) in [7, 11) is -3.42. The van der Waals surface area contributed by atoms with Gasteiger partial charge in [-0.1, -0.05) is 23.7 Å². The van der Waals surface area contributed by atoms with Crippen molar-refractivity contribution >= 4 is 27.5 Å². The molecule has 0 fully saturated rings. The van der Waals surface area contributed by atoms with Crippen LogP contribution >= 0.6 is 11.6 Å². The van der Waals surface area contributed by atoms with Crippen LogP contribution in [-0.4, -0.2) is 26.6 Å². The van der Waals surface area contributed by atoms with Crippen molar-refractivity contribution in [2.45, 2.75) is 32.4 Å². The Kier molecular flexibility index (Phi) is 5.98. The number of hydrogen-bond donors (Lipinski definition) is 2. The van der Waals surface area contributed by atoms with Gasteiger partial charge in [-0.3, -0.25) is 4.79 Å². The maximum Gasteiger partial charge on any atom is 0.222 e. The van der Waals surface area contributed by atoms with E-state index in [1.165, 1.54) is 0 Å². The van der Waals surface area contributed by atoms with E-state index in [1.54, 1.807) is 24.3 Å². The zero-order valence-electron chi connectivity index (χ0n) is 11.7. The monoisotopic (exact) mass is 318 g/mol. The second kappa shape index (κ2) is 7.06. The van der Waals surface area contributed by atoms with Crippen molar-refractivity contribution in [2.75, 3.05) is 6.26 Å². The SMILES string of the molecule is CC(C)NC(=O)C[C@@H](NS(C)(=O)=O)c1ccc(Cl)cc1. The van der Waals surface area contributed by atoms with Gasteiger partial charge in [-0.2, -0.15) is 0 Å². The molecule has 5 nitrogen and oxygen atoms in total. The molecular formula is C13H19ClN2O3S. The molecule has 1 aromatic rings. The number of sulfonamides is 1. The Morgan fingerprint density at radius 2 is 1.80 bits per heavy atom. The lowest BCUT2D eigenvalue weighted by molar-refractivity contribution is -0.122. The number of amides is 1. The molecule has 1 atom stereocenters. The Bertz CT molecular complexity index is 555. The molecular weight excluding hydrogens is 300 g/mol. The van der Waals surface area contributed by atoms with Gasteiger partial charge in [0.15, 0.2) is 0 Å². The third kappa shape index (κ3) is 6.36. The summed E-state index contributed by atoms with van der Waals surface area (Å²) in [6.45, 7) is 3.69. The predicted molar refractivity (Wildman–Crippen MR) is 80.1 cm³/mol. The third-order valence-electron chi connectivity index (χ3n) is 2.47. The molecule has 0 unspecified atom stereocenters. The summed E-state index contributed by atoms with van der Waals surface area (Å²) in [6, 6.07) is 6.12. The van der Waals surface area contributed by atoms with Crippen molar-refractivity contribution < 1.29 is 13.2 Å². The molecule has 0 aliphatic rings. The van der Waals surface area contributed by atoms with Gasteiger partial charge in [0.05, 0.1) is 12.3 Å². The first-order valence-electron chi connectivity index (χ1n) is 6.19. The number of halogens is 1. The summed E-state index contributed by atoms with van der Waals surface area (Å²) in [4.78, 5) is 11.8. The van der Waals surface area contributed by atoms with Gasteiger partial charge in [0.25, 0.3) is 0 Å². The van der Waals surface area contributed by atoms with Gasteiger partial charge in [0.2, 0.25) is 15.9 Å². The zero-order chi connectivity index (χ0) is 15.3. The van der Waals surface area contributed by atoms with Crippen molar-refractivity contribution in [2.24, 2.45) is 0 Å². The molecule has 112 valence electrons. The third-order valence-corrected chi connectivity index (χ3v) is 3.43. The number of carbonyl (C=O) groups excluding carboxylic acids is 1. The van der Waals surface area contributed by atoms with Crippen molar-refractivity contribution in [1.82, 2.24) is 10.0 Å². The highest BCUT2D eigenvalue weighted by Gasteiger charge is 2.20. The molecule has 1 amide bonds. The zero-order valence-corrected chi connectivity index (χ0v) is 13.3. The van der Waals surface area contributed by atoms with E-state index >= 15 is 0 Å². The lowest BCUT2D eigenvalue weighted by Crippen LogP contribution is -2.35. The van der Waals surface area contributed by atoms with Crippen LogP contribution in [0.1, 0.15) is 31.9 Å². The summed E-state index contributed by atoms with van der Waals surface area (Å²) in [5.41, 5.74) is 0.693. The summed E-state index contributed by atoms with van der Waals surface area (Å²) < 4.78 is 25.3. The normalized spacial score (nSPS) is 13.2. The van der Waals surface area contributed by atoms with Gasteiger partial charge >= 0.3 is 0 Å². The minimum absolute atomic E-state index is 0.00611. The average molecular weight is 319 g/mol. The quantitative estimate of drug-likeness (QED) is 0.840.